The molecule has 0 radical (unpaired) electrons. The molecule has 1 atom stereocenters. The fourth-order valence-electron chi connectivity index (χ4n) is 1.34. The van der Waals surface area contributed by atoms with E-state index in [2.05, 4.69) is 10.1 Å². The Bertz CT molecular complexity index is 258. The van der Waals surface area contributed by atoms with Gasteiger partial charge in [-0.25, -0.2) is 0 Å². The van der Waals surface area contributed by atoms with Gasteiger partial charge in [0.15, 0.2) is 0 Å². The van der Waals surface area contributed by atoms with Gasteiger partial charge in [-0.3, -0.25) is 4.79 Å². The van der Waals surface area contributed by atoms with Crippen molar-refractivity contribution in [2.45, 2.75) is 38.4 Å². The summed E-state index contributed by atoms with van der Waals surface area (Å²) in [6.45, 7) is 2.30. The number of hydrogen-bond donors (Lipinski definition) is 1. The van der Waals surface area contributed by atoms with E-state index in [1.165, 1.54) is 0 Å². The van der Waals surface area contributed by atoms with E-state index in [1.807, 2.05) is 0 Å². The molecule has 0 amide bonds. The molecule has 1 unspecified atom stereocenters. The Balaban J connectivity index is 3.97. The van der Waals surface area contributed by atoms with Gasteiger partial charge in [-0.1, -0.05) is 0 Å². The average molecular weight is 271 g/mol. The highest BCUT2D eigenvalue weighted by Gasteiger charge is 2.32. The van der Waals surface area contributed by atoms with Crippen molar-refractivity contribution >= 4 is 5.97 Å². The predicted molar refractivity (Wildman–Crippen MR) is 60.2 cm³/mol. The molecule has 4 nitrogen and oxygen atoms in total. The Morgan fingerprint density at radius 3 is 2.39 bits per heavy atom. The third kappa shape index (κ3) is 6.80. The minimum atomic E-state index is -4.31. The van der Waals surface area contributed by atoms with Crippen LogP contribution in [0, 0.1) is 0 Å². The maximum atomic E-state index is 11.8. The summed E-state index contributed by atoms with van der Waals surface area (Å²) >= 11 is 0. The van der Waals surface area contributed by atoms with E-state index in [1.54, 1.807) is 20.9 Å². The minimum Gasteiger partial charge on any atom is -0.465 e. The number of carbonyl (C=O) groups excluding carboxylic acids is 1. The van der Waals surface area contributed by atoms with Gasteiger partial charge >= 0.3 is 12.1 Å². The monoisotopic (exact) mass is 271 g/mol. The third-order valence-electron chi connectivity index (χ3n) is 2.51. The first-order valence-corrected chi connectivity index (χ1v) is 5.76. The summed E-state index contributed by atoms with van der Waals surface area (Å²) in [5.41, 5.74) is -0.891. The normalized spacial score (nSPS) is 15.2. The van der Waals surface area contributed by atoms with E-state index in [9.17, 15) is 18.0 Å². The molecule has 0 aromatic heterocycles. The molecule has 0 aliphatic heterocycles. The molecule has 0 saturated carbocycles. The quantitative estimate of drug-likeness (QED) is 0.541. The number of likely N-dealkylation sites (N-methyl/N-ethyl adjacent to an activating group) is 1. The number of carbonyl (C=O) groups is 1. The van der Waals surface area contributed by atoms with E-state index in [4.69, 9.17) is 4.74 Å². The van der Waals surface area contributed by atoms with Gasteiger partial charge < -0.3 is 14.8 Å². The summed E-state index contributed by atoms with van der Waals surface area (Å²) in [5, 5.41) is 2.82. The standard InChI is InChI=1S/C11H20F3NO3/c1-4-18-9(16)10(2,15-3)6-5-7-17-8-11(12,13)14/h15H,4-8H2,1-3H3. The van der Waals surface area contributed by atoms with E-state index >= 15 is 0 Å². The van der Waals surface area contributed by atoms with Gasteiger partial charge in [-0.15, -0.1) is 0 Å². The van der Waals surface area contributed by atoms with E-state index in [-0.39, 0.29) is 13.2 Å². The first-order valence-electron chi connectivity index (χ1n) is 5.76. The molecule has 108 valence electrons. The number of hydrogen-bond acceptors (Lipinski definition) is 4. The van der Waals surface area contributed by atoms with Crippen molar-refractivity contribution in [1.82, 2.24) is 5.32 Å². The smallest absolute Gasteiger partial charge is 0.411 e. The first kappa shape index (κ1) is 17.2. The van der Waals surface area contributed by atoms with Crippen LogP contribution in [0.1, 0.15) is 26.7 Å². The lowest BCUT2D eigenvalue weighted by atomic mass is 9.96. The fraction of sp³-hybridized carbons (Fsp3) is 0.909. The Kier molecular flexibility index (Phi) is 7.23. The maximum absolute atomic E-state index is 11.8. The molecule has 0 bridgehead atoms. The van der Waals surface area contributed by atoms with E-state index < -0.39 is 24.3 Å². The first-order chi connectivity index (χ1) is 8.25. The van der Waals surface area contributed by atoms with Crippen molar-refractivity contribution < 1.29 is 27.4 Å². The number of esters is 1. The number of rotatable bonds is 8. The lowest BCUT2D eigenvalue weighted by Gasteiger charge is -2.26. The molecule has 0 spiro atoms. The number of ether oxygens (including phenoxy) is 2. The largest absolute Gasteiger partial charge is 0.465 e. The molecular weight excluding hydrogens is 251 g/mol. The molecular formula is C11H20F3NO3. The van der Waals surface area contributed by atoms with Gasteiger partial charge in [-0.05, 0) is 33.7 Å². The van der Waals surface area contributed by atoms with Gasteiger partial charge in [0.2, 0.25) is 0 Å². The summed E-state index contributed by atoms with van der Waals surface area (Å²) in [7, 11) is 1.60. The van der Waals surface area contributed by atoms with Crippen LogP contribution in [0.25, 0.3) is 0 Å². The fourth-order valence-corrected chi connectivity index (χ4v) is 1.34. The number of nitrogens with one attached hydrogen (secondary N) is 1. The second-order valence-electron chi connectivity index (χ2n) is 4.07. The Morgan fingerprint density at radius 1 is 1.33 bits per heavy atom. The zero-order valence-electron chi connectivity index (χ0n) is 10.9. The molecule has 0 saturated heterocycles. The summed E-state index contributed by atoms with van der Waals surface area (Å²) in [4.78, 5) is 11.6. The molecule has 0 fully saturated rings. The summed E-state index contributed by atoms with van der Waals surface area (Å²) in [5.74, 6) is -0.414. The zero-order chi connectivity index (χ0) is 14.2. The van der Waals surface area contributed by atoms with Crippen LogP contribution >= 0.6 is 0 Å². The second kappa shape index (κ2) is 7.58. The Labute approximate surface area is 105 Å². The molecule has 7 heteroatoms. The van der Waals surface area contributed by atoms with Crippen LogP contribution in [0.3, 0.4) is 0 Å². The predicted octanol–water partition coefficient (Wildman–Crippen LogP) is 1.89. The van der Waals surface area contributed by atoms with Gasteiger partial charge in [0.25, 0.3) is 0 Å². The van der Waals surface area contributed by atoms with Crippen molar-refractivity contribution in [3.8, 4) is 0 Å². The highest BCUT2D eigenvalue weighted by molar-refractivity contribution is 5.80. The van der Waals surface area contributed by atoms with Crippen LogP contribution in [0.15, 0.2) is 0 Å². The SMILES string of the molecule is CCOC(=O)C(C)(CCCOCC(F)(F)F)NC. The highest BCUT2D eigenvalue weighted by Crippen LogP contribution is 2.17. The lowest BCUT2D eigenvalue weighted by Crippen LogP contribution is -2.48. The second-order valence-corrected chi connectivity index (χ2v) is 4.07. The zero-order valence-corrected chi connectivity index (χ0v) is 10.9. The van der Waals surface area contributed by atoms with Crippen molar-refractivity contribution in [1.29, 1.82) is 0 Å². The summed E-state index contributed by atoms with van der Waals surface area (Å²) in [6, 6.07) is 0. The van der Waals surface area contributed by atoms with Crippen LogP contribution in [0.2, 0.25) is 0 Å². The molecule has 1 N–H and O–H groups in total. The molecule has 0 aromatic carbocycles. The molecule has 0 rings (SSSR count). The van der Waals surface area contributed by atoms with Gasteiger partial charge in [0.05, 0.1) is 6.61 Å². The van der Waals surface area contributed by atoms with Crippen LogP contribution in [-0.2, 0) is 14.3 Å². The van der Waals surface area contributed by atoms with E-state index in [0.717, 1.165) is 0 Å². The highest BCUT2D eigenvalue weighted by atomic mass is 19.4. The van der Waals surface area contributed by atoms with Gasteiger partial charge in [0.1, 0.15) is 12.1 Å². The average Bonchev–Trinajstić information content (AvgIpc) is 2.27. The summed E-state index contributed by atoms with van der Waals surface area (Å²) in [6.07, 6.45) is -3.63. The van der Waals surface area contributed by atoms with Crippen molar-refractivity contribution in [3.05, 3.63) is 0 Å². The topological polar surface area (TPSA) is 47.6 Å². The van der Waals surface area contributed by atoms with Crippen molar-refractivity contribution in [3.63, 3.8) is 0 Å². The summed E-state index contributed by atoms with van der Waals surface area (Å²) < 4.78 is 44.8. The Hall–Kier alpha value is -0.820. The van der Waals surface area contributed by atoms with Crippen molar-refractivity contribution in [2.75, 3.05) is 26.9 Å². The molecule has 0 aliphatic carbocycles. The molecule has 18 heavy (non-hydrogen) atoms. The van der Waals surface area contributed by atoms with Crippen LogP contribution in [-0.4, -0.2) is 44.6 Å². The maximum Gasteiger partial charge on any atom is 0.411 e. The minimum absolute atomic E-state index is 0.0455. The number of halogens is 3. The number of alkyl halides is 3. The van der Waals surface area contributed by atoms with Crippen LogP contribution in [0.4, 0.5) is 13.2 Å². The van der Waals surface area contributed by atoms with Crippen molar-refractivity contribution in [2.24, 2.45) is 0 Å². The molecule has 0 aliphatic rings. The Morgan fingerprint density at radius 2 is 1.94 bits per heavy atom. The molecule has 0 aromatic rings. The third-order valence-corrected chi connectivity index (χ3v) is 2.51. The molecule has 0 heterocycles. The lowest BCUT2D eigenvalue weighted by molar-refractivity contribution is -0.174. The van der Waals surface area contributed by atoms with Gasteiger partial charge in [-0.2, -0.15) is 13.2 Å². The van der Waals surface area contributed by atoms with Crippen LogP contribution < -0.4 is 5.32 Å². The van der Waals surface area contributed by atoms with Gasteiger partial charge in [0, 0.05) is 6.61 Å². The van der Waals surface area contributed by atoms with Crippen LogP contribution in [0.5, 0.6) is 0 Å². The van der Waals surface area contributed by atoms with E-state index in [0.29, 0.717) is 12.8 Å².